The Hall–Kier alpha value is -1.84. The molecule has 0 amide bonds. The smallest absolute Gasteiger partial charge is 0.323 e. The van der Waals surface area contributed by atoms with Gasteiger partial charge in [-0.2, -0.15) is 0 Å². The van der Waals surface area contributed by atoms with Gasteiger partial charge in [0.2, 0.25) is 0 Å². The zero-order valence-corrected chi connectivity index (χ0v) is 13.0. The van der Waals surface area contributed by atoms with E-state index in [-0.39, 0.29) is 5.92 Å². The van der Waals surface area contributed by atoms with Gasteiger partial charge in [-0.1, -0.05) is 36.8 Å². The van der Waals surface area contributed by atoms with Crippen molar-refractivity contribution in [2.24, 2.45) is 11.8 Å². The second-order valence-electron chi connectivity index (χ2n) is 6.33. The lowest BCUT2D eigenvalue weighted by molar-refractivity contribution is -0.240. The average Bonchev–Trinajstić information content (AvgIpc) is 2.36. The molecule has 1 atom stereocenters. The molecule has 0 aliphatic carbocycles. The Bertz CT molecular complexity index is 510. The third kappa shape index (κ3) is 4.06. The monoisotopic (exact) mass is 290 g/mol. The van der Waals surface area contributed by atoms with Crippen LogP contribution in [0.15, 0.2) is 24.3 Å². The zero-order valence-electron chi connectivity index (χ0n) is 13.0. The third-order valence-corrected chi connectivity index (χ3v) is 3.60. The number of benzene rings is 1. The second-order valence-corrected chi connectivity index (χ2v) is 6.33. The molecule has 1 aromatic rings. The molecule has 114 valence electrons. The highest BCUT2D eigenvalue weighted by Gasteiger charge is 2.43. The van der Waals surface area contributed by atoms with Crippen LogP contribution in [-0.2, 0) is 25.5 Å². The number of ether oxygens (including phenoxy) is 2. The largest absolute Gasteiger partial charge is 0.422 e. The first-order valence-electron chi connectivity index (χ1n) is 7.28. The van der Waals surface area contributed by atoms with Gasteiger partial charge in [0.25, 0.3) is 5.79 Å². The van der Waals surface area contributed by atoms with Crippen molar-refractivity contribution < 1.29 is 19.1 Å². The maximum Gasteiger partial charge on any atom is 0.323 e. The van der Waals surface area contributed by atoms with E-state index in [0.29, 0.717) is 6.42 Å². The fourth-order valence-corrected chi connectivity index (χ4v) is 2.55. The van der Waals surface area contributed by atoms with E-state index in [2.05, 4.69) is 24.3 Å². The molecule has 4 heteroatoms. The molecule has 21 heavy (non-hydrogen) atoms. The van der Waals surface area contributed by atoms with Gasteiger partial charge in [-0.25, -0.2) is 0 Å². The number of carbonyl (C=O) groups is 2. The van der Waals surface area contributed by atoms with Crippen molar-refractivity contribution >= 4 is 11.9 Å². The first-order valence-corrected chi connectivity index (χ1v) is 7.28. The predicted octanol–water partition coefficient (Wildman–Crippen LogP) is 3.02. The Labute approximate surface area is 125 Å². The van der Waals surface area contributed by atoms with E-state index in [1.165, 1.54) is 11.1 Å². The van der Waals surface area contributed by atoms with Gasteiger partial charge >= 0.3 is 11.9 Å². The van der Waals surface area contributed by atoms with Crippen molar-refractivity contribution in [2.45, 2.75) is 46.3 Å². The van der Waals surface area contributed by atoms with Crippen LogP contribution in [0.3, 0.4) is 0 Å². The summed E-state index contributed by atoms with van der Waals surface area (Å²) in [5, 5.41) is 0. The van der Waals surface area contributed by atoms with Gasteiger partial charge in [0.15, 0.2) is 5.92 Å². The summed E-state index contributed by atoms with van der Waals surface area (Å²) in [6.45, 7) is 7.20. The van der Waals surface area contributed by atoms with E-state index < -0.39 is 23.6 Å². The van der Waals surface area contributed by atoms with E-state index in [1.54, 1.807) is 13.8 Å². The summed E-state index contributed by atoms with van der Waals surface area (Å²) in [5.74, 6) is -2.72. The van der Waals surface area contributed by atoms with Gasteiger partial charge < -0.3 is 9.47 Å². The highest BCUT2D eigenvalue weighted by Crippen LogP contribution is 2.28. The molecule has 0 unspecified atom stereocenters. The van der Waals surface area contributed by atoms with Crippen LogP contribution in [0.4, 0.5) is 0 Å². The van der Waals surface area contributed by atoms with Crippen LogP contribution in [0.5, 0.6) is 0 Å². The van der Waals surface area contributed by atoms with Crippen LogP contribution in [0.2, 0.25) is 0 Å². The van der Waals surface area contributed by atoms with Crippen LogP contribution in [0, 0.1) is 18.8 Å². The fourth-order valence-electron chi connectivity index (χ4n) is 2.55. The third-order valence-electron chi connectivity index (χ3n) is 3.60. The van der Waals surface area contributed by atoms with Crippen molar-refractivity contribution in [1.82, 2.24) is 0 Å². The molecule has 1 aromatic carbocycles. The molecule has 0 saturated carbocycles. The molecule has 0 N–H and O–H groups in total. The van der Waals surface area contributed by atoms with E-state index in [0.717, 1.165) is 6.42 Å². The minimum atomic E-state index is -1.15. The first kappa shape index (κ1) is 15.5. The number of esters is 2. The normalized spacial score (nSPS) is 19.8. The maximum absolute atomic E-state index is 11.9. The Morgan fingerprint density at radius 2 is 1.62 bits per heavy atom. The second kappa shape index (κ2) is 5.88. The lowest BCUT2D eigenvalue weighted by Gasteiger charge is -2.33. The molecule has 0 bridgehead atoms. The lowest BCUT2D eigenvalue weighted by Crippen LogP contribution is -2.46. The summed E-state index contributed by atoms with van der Waals surface area (Å²) in [6.07, 6.45) is 1.27. The van der Waals surface area contributed by atoms with Gasteiger partial charge in [-0.3, -0.25) is 9.59 Å². The van der Waals surface area contributed by atoms with Gasteiger partial charge in [-0.15, -0.1) is 0 Å². The Morgan fingerprint density at radius 3 is 2.14 bits per heavy atom. The molecule has 0 aromatic heterocycles. The molecule has 2 rings (SSSR count). The maximum atomic E-state index is 11.9. The fraction of sp³-hybridized carbons (Fsp3) is 0.529. The van der Waals surface area contributed by atoms with Crippen molar-refractivity contribution in [3.05, 3.63) is 35.4 Å². The Morgan fingerprint density at radius 1 is 1.10 bits per heavy atom. The number of cyclic esters (lactones) is 2. The van der Waals surface area contributed by atoms with Crippen LogP contribution in [-0.4, -0.2) is 17.7 Å². The molecule has 1 aliphatic rings. The topological polar surface area (TPSA) is 52.6 Å². The molecule has 1 saturated heterocycles. The van der Waals surface area contributed by atoms with Crippen molar-refractivity contribution in [2.75, 3.05) is 0 Å². The standard InChI is InChI=1S/C17H22O4/c1-11-5-7-13(8-6-11)9-12(2)10-14-15(18)20-17(3,4)21-16(14)19/h5-8,12,14H,9-10H2,1-4H3/t12-/m0/s1. The summed E-state index contributed by atoms with van der Waals surface area (Å²) in [7, 11) is 0. The molecular weight excluding hydrogens is 268 g/mol. The summed E-state index contributed by atoms with van der Waals surface area (Å²) >= 11 is 0. The number of carbonyl (C=O) groups excluding carboxylic acids is 2. The molecule has 1 fully saturated rings. The average molecular weight is 290 g/mol. The lowest BCUT2D eigenvalue weighted by atomic mass is 9.90. The Kier molecular flexibility index (Phi) is 4.35. The first-order chi connectivity index (χ1) is 9.77. The number of rotatable bonds is 4. The quantitative estimate of drug-likeness (QED) is 0.632. The van der Waals surface area contributed by atoms with Crippen molar-refractivity contribution in [3.63, 3.8) is 0 Å². The van der Waals surface area contributed by atoms with E-state index in [9.17, 15) is 9.59 Å². The van der Waals surface area contributed by atoms with Crippen LogP contribution in [0.1, 0.15) is 38.3 Å². The zero-order chi connectivity index (χ0) is 15.6. The molecular formula is C17H22O4. The summed E-state index contributed by atoms with van der Waals surface area (Å²) in [4.78, 5) is 23.9. The Balaban J connectivity index is 1.96. The molecule has 1 aliphatic heterocycles. The van der Waals surface area contributed by atoms with Gasteiger partial charge in [0.05, 0.1) is 0 Å². The minimum absolute atomic E-state index is 0.194. The number of aryl methyl sites for hydroxylation is 1. The summed E-state index contributed by atoms with van der Waals surface area (Å²) in [6, 6.07) is 8.28. The predicted molar refractivity (Wildman–Crippen MR) is 78.4 cm³/mol. The van der Waals surface area contributed by atoms with Crippen LogP contribution < -0.4 is 0 Å². The van der Waals surface area contributed by atoms with Gasteiger partial charge in [0.1, 0.15) is 0 Å². The van der Waals surface area contributed by atoms with Crippen LogP contribution in [0.25, 0.3) is 0 Å². The summed E-state index contributed by atoms with van der Waals surface area (Å²) < 4.78 is 10.3. The minimum Gasteiger partial charge on any atom is -0.422 e. The number of hydrogen-bond donors (Lipinski definition) is 0. The van der Waals surface area contributed by atoms with Gasteiger partial charge in [-0.05, 0) is 31.2 Å². The van der Waals surface area contributed by atoms with E-state index in [1.807, 2.05) is 13.8 Å². The SMILES string of the molecule is Cc1ccc(C[C@H](C)CC2C(=O)OC(C)(C)OC2=O)cc1. The highest BCUT2D eigenvalue weighted by atomic mass is 16.7. The molecule has 1 heterocycles. The molecule has 4 nitrogen and oxygen atoms in total. The van der Waals surface area contributed by atoms with Crippen molar-refractivity contribution in [1.29, 1.82) is 0 Å². The van der Waals surface area contributed by atoms with Crippen LogP contribution >= 0.6 is 0 Å². The molecule has 0 spiro atoms. The van der Waals surface area contributed by atoms with E-state index in [4.69, 9.17) is 9.47 Å². The van der Waals surface area contributed by atoms with Crippen molar-refractivity contribution in [3.8, 4) is 0 Å². The highest BCUT2D eigenvalue weighted by molar-refractivity contribution is 5.96. The van der Waals surface area contributed by atoms with E-state index >= 15 is 0 Å². The summed E-state index contributed by atoms with van der Waals surface area (Å²) in [5.41, 5.74) is 2.42. The molecule has 0 radical (unpaired) electrons. The number of hydrogen-bond acceptors (Lipinski definition) is 4. The van der Waals surface area contributed by atoms with Gasteiger partial charge in [0, 0.05) is 13.8 Å².